The van der Waals surface area contributed by atoms with Gasteiger partial charge in [-0.1, -0.05) is 35.9 Å². The Kier molecular flexibility index (Phi) is 15.3. The number of hydrazone groups is 1. The number of aliphatic imine (C=N–C) groups is 2. The van der Waals surface area contributed by atoms with Crippen molar-refractivity contribution < 1.29 is 37.4 Å². The lowest BCUT2D eigenvalue weighted by Crippen LogP contribution is -2.52. The molecule has 1 atom stereocenters. The van der Waals surface area contributed by atoms with Gasteiger partial charge in [0.1, 0.15) is 23.4 Å². The van der Waals surface area contributed by atoms with Crippen molar-refractivity contribution in [3.63, 3.8) is 0 Å². The highest BCUT2D eigenvalue weighted by Gasteiger charge is 2.39. The predicted molar refractivity (Wildman–Crippen MR) is 252 cm³/mol. The van der Waals surface area contributed by atoms with Gasteiger partial charge in [-0.2, -0.15) is 5.10 Å². The molecule has 1 unspecified atom stereocenters. The Hall–Kier alpha value is -7.32. The lowest BCUT2D eigenvalue weighted by atomic mass is 9.95. The highest BCUT2D eigenvalue weighted by Crippen LogP contribution is 2.35. The third kappa shape index (κ3) is 11.3. The number of aromatic nitrogens is 2. The fraction of sp³-hybridized carbons (Fsp3) is 0.271. The van der Waals surface area contributed by atoms with E-state index in [1.165, 1.54) is 23.1 Å². The number of nitrogens with one attached hydrogen (secondary N) is 4. The first-order valence-electron chi connectivity index (χ1n) is 21.8. The number of hydrogen-bond donors (Lipinski definition) is 5. The second kappa shape index (κ2) is 22.0. The summed E-state index contributed by atoms with van der Waals surface area (Å²) in [6, 6.07) is 20.4. The summed E-state index contributed by atoms with van der Waals surface area (Å²) in [5, 5.41) is 15.8. The Morgan fingerprint density at radius 2 is 1.68 bits per heavy atom. The van der Waals surface area contributed by atoms with Crippen molar-refractivity contribution in [3.05, 3.63) is 135 Å². The molecule has 6 N–H and O–H groups in total. The van der Waals surface area contributed by atoms with Gasteiger partial charge in [0.2, 0.25) is 23.7 Å². The number of imide groups is 1. The quantitative estimate of drug-likeness (QED) is 0.0234. The molecule has 0 aliphatic carbocycles. The second-order valence-corrected chi connectivity index (χ2v) is 16.3. The Labute approximate surface area is 394 Å². The Morgan fingerprint density at radius 3 is 2.46 bits per heavy atom. The molecule has 0 saturated carbocycles. The van der Waals surface area contributed by atoms with E-state index in [1.807, 2.05) is 24.3 Å². The zero-order chi connectivity index (χ0) is 47.6. The molecule has 17 nitrogen and oxygen atoms in total. The zero-order valence-electron chi connectivity index (χ0n) is 36.6. The van der Waals surface area contributed by atoms with Gasteiger partial charge in [0.05, 0.1) is 56.5 Å². The number of piperidine rings is 1. The number of ether oxygens (including phenoxy) is 2. The molecule has 3 aliphatic rings. The van der Waals surface area contributed by atoms with Crippen LogP contribution in [0.15, 0.2) is 100 Å². The van der Waals surface area contributed by atoms with Gasteiger partial charge in [-0.25, -0.2) is 18.7 Å². The fourth-order valence-corrected chi connectivity index (χ4v) is 8.07. The maximum atomic E-state index is 14.9. The second-order valence-electron chi connectivity index (χ2n) is 15.8. The predicted octanol–water partition coefficient (Wildman–Crippen LogP) is 5.32. The maximum absolute atomic E-state index is 14.9. The van der Waals surface area contributed by atoms with Crippen LogP contribution in [0.5, 0.6) is 0 Å². The molecular weight excluding hydrogens is 900 g/mol. The van der Waals surface area contributed by atoms with Crippen LogP contribution in [0.3, 0.4) is 0 Å². The molecule has 1 fully saturated rings. The number of rotatable bonds is 19. The van der Waals surface area contributed by atoms with E-state index in [4.69, 9.17) is 31.9 Å². The molecule has 4 aromatic carbocycles. The van der Waals surface area contributed by atoms with Crippen molar-refractivity contribution in [1.82, 2.24) is 25.5 Å². The van der Waals surface area contributed by atoms with E-state index >= 15 is 0 Å². The number of nitrogens with two attached hydrogens (primary N) is 1. The molecule has 5 aromatic rings. The standard InChI is InChI=1S/C48H46ClF2N11O6/c49-31-6-10-35-36(23-31)45(43-37(50)2-1-3-38(43)51)55-24-30-25-56-48(60-44(30)35)58-32-7-4-28(5-8-32)39(61-52)26-54-17-19-68-21-20-67-18-16-53-15-14-42(64)57-33-9-11-34-29(22-33)27-62(47(34)66)40-12-13-41(63)59-46(40)65/h1-11,22-23,25-26,40,53H,12-21,24,27,52H2,(H,57,64)(H,56,58,60)(H,59,63,65). The van der Waals surface area contributed by atoms with Crippen molar-refractivity contribution in [3.8, 4) is 11.3 Å². The van der Waals surface area contributed by atoms with Gasteiger partial charge in [-0.15, -0.1) is 0 Å². The van der Waals surface area contributed by atoms with Crippen LogP contribution >= 0.6 is 11.6 Å². The molecule has 68 heavy (non-hydrogen) atoms. The maximum Gasteiger partial charge on any atom is 0.255 e. The summed E-state index contributed by atoms with van der Waals surface area (Å²) in [5.74, 6) is 3.25. The number of amides is 4. The minimum atomic E-state index is -0.734. The average molecular weight is 946 g/mol. The fourth-order valence-electron chi connectivity index (χ4n) is 7.89. The van der Waals surface area contributed by atoms with Gasteiger partial charge in [0.15, 0.2) is 0 Å². The van der Waals surface area contributed by atoms with Crippen LogP contribution in [0, 0.1) is 11.6 Å². The molecule has 1 saturated heterocycles. The van der Waals surface area contributed by atoms with E-state index in [-0.39, 0.29) is 61.3 Å². The number of nitrogens with zero attached hydrogens (tertiary/aromatic N) is 6. The van der Waals surface area contributed by atoms with Crippen LogP contribution in [-0.2, 0) is 36.9 Å². The van der Waals surface area contributed by atoms with Crippen molar-refractivity contribution in [2.24, 2.45) is 20.9 Å². The third-order valence-corrected chi connectivity index (χ3v) is 11.5. The van der Waals surface area contributed by atoms with Crippen molar-refractivity contribution >= 4 is 70.2 Å². The van der Waals surface area contributed by atoms with Crippen molar-refractivity contribution in [2.45, 2.75) is 38.4 Å². The number of hydrogen-bond acceptors (Lipinski definition) is 14. The van der Waals surface area contributed by atoms with Crippen LogP contribution in [-0.4, -0.2) is 108 Å². The first kappa shape index (κ1) is 47.2. The van der Waals surface area contributed by atoms with Crippen LogP contribution in [0.1, 0.15) is 57.4 Å². The first-order valence-corrected chi connectivity index (χ1v) is 22.2. The minimum absolute atomic E-state index is 0.0975. The topological polar surface area (TPSA) is 227 Å². The summed E-state index contributed by atoms with van der Waals surface area (Å²) in [6.45, 7) is 3.23. The molecule has 350 valence electrons. The highest BCUT2D eigenvalue weighted by molar-refractivity contribution is 6.38. The number of halogens is 3. The van der Waals surface area contributed by atoms with Crippen molar-refractivity contribution in [1.29, 1.82) is 0 Å². The largest absolute Gasteiger partial charge is 0.378 e. The SMILES string of the molecule is NN=C(C=NCCOCCOCCNCCC(=O)Nc1ccc2c(c1)CN(C1CCC(=O)NC1=O)C2=O)c1ccc(Nc2ncc3c(n2)-c2ccc(Cl)cc2C(c2c(F)cccc2F)=NC3)cc1. The number of carbonyl (C=O) groups excluding carboxylic acids is 4. The molecule has 20 heteroatoms. The van der Waals surface area contributed by atoms with Gasteiger partial charge < -0.3 is 36.2 Å². The van der Waals surface area contributed by atoms with E-state index in [9.17, 15) is 28.0 Å². The van der Waals surface area contributed by atoms with Crippen LogP contribution in [0.4, 0.5) is 26.1 Å². The first-order chi connectivity index (χ1) is 33.1. The summed E-state index contributed by atoms with van der Waals surface area (Å²) in [4.78, 5) is 69.0. The van der Waals surface area contributed by atoms with E-state index in [0.717, 1.165) is 5.56 Å². The molecular formula is C48H46ClF2N11O6. The van der Waals surface area contributed by atoms with Crippen molar-refractivity contribution in [2.75, 3.05) is 56.7 Å². The molecule has 4 amide bonds. The number of carbonyl (C=O) groups is 4. The molecule has 1 aromatic heterocycles. The normalized spacial score (nSPS) is 15.7. The molecule has 4 heterocycles. The lowest BCUT2D eigenvalue weighted by molar-refractivity contribution is -0.137. The average Bonchev–Trinajstić information content (AvgIpc) is 3.56. The zero-order valence-corrected chi connectivity index (χ0v) is 37.3. The highest BCUT2D eigenvalue weighted by atomic mass is 35.5. The van der Waals surface area contributed by atoms with Gasteiger partial charge in [0.25, 0.3) is 5.91 Å². The summed E-state index contributed by atoms with van der Waals surface area (Å²) in [5.41, 5.74) is 5.80. The van der Waals surface area contributed by atoms with E-state index in [1.54, 1.807) is 48.8 Å². The van der Waals surface area contributed by atoms with Crippen LogP contribution in [0.2, 0.25) is 5.02 Å². The Bertz CT molecular complexity index is 2810. The van der Waals surface area contributed by atoms with Gasteiger partial charge >= 0.3 is 0 Å². The van der Waals surface area contributed by atoms with Gasteiger partial charge in [-0.3, -0.25) is 34.5 Å². The number of anilines is 3. The minimum Gasteiger partial charge on any atom is -0.378 e. The smallest absolute Gasteiger partial charge is 0.255 e. The number of benzene rings is 4. The Balaban J connectivity index is 0.708. The van der Waals surface area contributed by atoms with E-state index < -0.39 is 23.6 Å². The number of fused-ring (bicyclic) bond motifs is 4. The van der Waals surface area contributed by atoms with Crippen LogP contribution < -0.4 is 27.1 Å². The lowest BCUT2D eigenvalue weighted by Gasteiger charge is -2.29. The Morgan fingerprint density at radius 1 is 0.912 bits per heavy atom. The van der Waals surface area contributed by atoms with E-state index in [2.05, 4.69) is 41.3 Å². The summed E-state index contributed by atoms with van der Waals surface area (Å²) in [7, 11) is 0. The molecule has 8 rings (SSSR count). The molecule has 3 aliphatic heterocycles. The summed E-state index contributed by atoms with van der Waals surface area (Å²) < 4.78 is 41.1. The van der Waals surface area contributed by atoms with Gasteiger partial charge in [0, 0.05) is 89.1 Å². The van der Waals surface area contributed by atoms with Gasteiger partial charge in [-0.05, 0) is 66.6 Å². The monoisotopic (exact) mass is 945 g/mol. The third-order valence-electron chi connectivity index (χ3n) is 11.2. The summed E-state index contributed by atoms with van der Waals surface area (Å²) in [6.07, 6.45) is 3.90. The van der Waals surface area contributed by atoms with Crippen LogP contribution in [0.25, 0.3) is 11.3 Å². The van der Waals surface area contributed by atoms with E-state index in [0.29, 0.717) is 108 Å². The molecule has 0 bridgehead atoms. The summed E-state index contributed by atoms with van der Waals surface area (Å²) >= 11 is 6.35. The molecule has 0 radical (unpaired) electrons. The molecule has 0 spiro atoms.